The molecule has 1 aliphatic rings. The molecule has 25 heavy (non-hydrogen) atoms. The second-order valence-corrected chi connectivity index (χ2v) is 6.25. The van der Waals surface area contributed by atoms with Gasteiger partial charge in [-0.15, -0.1) is 0 Å². The Morgan fingerprint density at radius 3 is 2.48 bits per heavy atom. The molecule has 1 aliphatic heterocycles. The molecule has 0 amide bonds. The number of rotatable bonds is 2. The summed E-state index contributed by atoms with van der Waals surface area (Å²) in [5.41, 5.74) is -0.120. The van der Waals surface area contributed by atoms with E-state index in [1.807, 2.05) is 4.90 Å². The van der Waals surface area contributed by atoms with Crippen molar-refractivity contribution in [2.45, 2.75) is 18.9 Å². The van der Waals surface area contributed by atoms with E-state index in [1.54, 1.807) is 0 Å². The van der Waals surface area contributed by atoms with E-state index in [1.165, 1.54) is 29.0 Å². The summed E-state index contributed by atoms with van der Waals surface area (Å²) in [6.07, 6.45) is 1.99. The number of hydrogen-bond donors (Lipinski definition) is 1. The monoisotopic (exact) mass is 365 g/mol. The molecule has 0 radical (unpaired) electrons. The lowest BCUT2D eigenvalue weighted by Crippen LogP contribution is -2.37. The van der Waals surface area contributed by atoms with E-state index in [0.717, 1.165) is 0 Å². The number of hydrogen-bond acceptors (Lipinski definition) is 5. The molecule has 6 nitrogen and oxygen atoms in total. The Morgan fingerprint density at radius 1 is 1.12 bits per heavy atom. The molecule has 130 valence electrons. The summed E-state index contributed by atoms with van der Waals surface area (Å²) in [5, 5.41) is 13.8. The molecule has 3 heterocycles. The number of aliphatic hydroxyl groups excluding tert-OH is 1. The van der Waals surface area contributed by atoms with Crippen LogP contribution < -0.4 is 4.90 Å². The minimum absolute atomic E-state index is 0.0504. The molecule has 0 bridgehead atoms. The van der Waals surface area contributed by atoms with Gasteiger partial charge in [0, 0.05) is 13.1 Å². The molecule has 0 aliphatic carbocycles. The average Bonchev–Trinajstić information content (AvgIpc) is 3.03. The van der Waals surface area contributed by atoms with Crippen LogP contribution in [-0.2, 0) is 0 Å². The zero-order chi connectivity index (χ0) is 17.6. The lowest BCUT2D eigenvalue weighted by atomic mass is 10.0. The van der Waals surface area contributed by atoms with Gasteiger partial charge in [0.25, 0.3) is 5.78 Å². The minimum Gasteiger partial charge on any atom is -0.393 e. The Morgan fingerprint density at radius 2 is 1.80 bits per heavy atom. The van der Waals surface area contributed by atoms with Gasteiger partial charge in [-0.05, 0) is 25.0 Å². The van der Waals surface area contributed by atoms with Crippen molar-refractivity contribution in [3.63, 3.8) is 0 Å². The van der Waals surface area contributed by atoms with Gasteiger partial charge in [-0.3, -0.25) is 0 Å². The summed E-state index contributed by atoms with van der Waals surface area (Å²) in [4.78, 5) is 10.0. The van der Waals surface area contributed by atoms with Crippen molar-refractivity contribution in [2.24, 2.45) is 0 Å². The Bertz CT molecular complexity index is 919. The van der Waals surface area contributed by atoms with Crippen molar-refractivity contribution in [3.05, 3.63) is 41.3 Å². The number of benzene rings is 1. The van der Waals surface area contributed by atoms with Crippen molar-refractivity contribution < 1.29 is 13.9 Å². The number of fused-ring (bicyclic) bond motifs is 1. The van der Waals surface area contributed by atoms with Crippen LogP contribution in [-0.4, -0.2) is 43.9 Å². The third kappa shape index (κ3) is 2.71. The molecule has 2 aromatic heterocycles. The number of halogens is 3. The third-order valence-corrected chi connectivity index (χ3v) is 4.61. The van der Waals surface area contributed by atoms with Gasteiger partial charge < -0.3 is 10.0 Å². The highest BCUT2D eigenvalue weighted by molar-refractivity contribution is 6.33. The SMILES string of the molecule is OC1CCN(c2c(-c3c(F)cccc3F)c(Cl)nc3ncnn23)CC1. The van der Waals surface area contributed by atoms with Crippen molar-refractivity contribution in [2.75, 3.05) is 18.0 Å². The molecular weight excluding hydrogens is 352 g/mol. The van der Waals surface area contributed by atoms with Crippen molar-refractivity contribution in [1.29, 1.82) is 0 Å². The van der Waals surface area contributed by atoms with Gasteiger partial charge >= 0.3 is 0 Å². The molecule has 1 aromatic carbocycles. The molecule has 3 aromatic rings. The van der Waals surface area contributed by atoms with Crippen molar-refractivity contribution in [1.82, 2.24) is 19.6 Å². The zero-order valence-corrected chi connectivity index (χ0v) is 13.8. The fourth-order valence-electron chi connectivity index (χ4n) is 3.12. The summed E-state index contributed by atoms with van der Waals surface area (Å²) in [6, 6.07) is 3.63. The maximum Gasteiger partial charge on any atom is 0.255 e. The van der Waals surface area contributed by atoms with Gasteiger partial charge in [-0.1, -0.05) is 17.7 Å². The van der Waals surface area contributed by atoms with E-state index in [-0.39, 0.29) is 22.1 Å². The summed E-state index contributed by atoms with van der Waals surface area (Å²) in [5.74, 6) is -0.807. The van der Waals surface area contributed by atoms with Gasteiger partial charge in [0.05, 0.1) is 17.2 Å². The van der Waals surface area contributed by atoms with Crippen LogP contribution in [0.2, 0.25) is 5.15 Å². The Labute approximate surface area is 146 Å². The lowest BCUT2D eigenvalue weighted by molar-refractivity contribution is 0.145. The van der Waals surface area contributed by atoms with Crippen LogP contribution in [0.5, 0.6) is 0 Å². The van der Waals surface area contributed by atoms with Crippen LogP contribution in [0.1, 0.15) is 12.8 Å². The first-order valence-electron chi connectivity index (χ1n) is 7.83. The smallest absolute Gasteiger partial charge is 0.255 e. The number of anilines is 1. The largest absolute Gasteiger partial charge is 0.393 e. The standard InChI is InChI=1S/C16H14ClF2N5O/c17-14-13(12-10(18)2-1-3-11(12)19)15(23-6-4-9(25)5-7-23)24-16(22-14)20-8-21-24/h1-3,8-9,25H,4-7H2. The first-order valence-corrected chi connectivity index (χ1v) is 8.20. The minimum atomic E-state index is -0.735. The number of aliphatic hydroxyl groups is 1. The maximum atomic E-state index is 14.4. The van der Waals surface area contributed by atoms with Gasteiger partial charge in [0.2, 0.25) is 0 Å². The quantitative estimate of drug-likeness (QED) is 0.707. The second kappa shape index (κ2) is 6.20. The summed E-state index contributed by atoms with van der Waals surface area (Å²) in [7, 11) is 0. The zero-order valence-electron chi connectivity index (χ0n) is 13.0. The van der Waals surface area contributed by atoms with Gasteiger partial charge in [0.1, 0.15) is 28.9 Å². The predicted octanol–water partition coefficient (Wildman–Crippen LogP) is 2.68. The van der Waals surface area contributed by atoms with Crippen LogP contribution >= 0.6 is 11.6 Å². The van der Waals surface area contributed by atoms with Crippen molar-refractivity contribution >= 4 is 23.2 Å². The van der Waals surface area contributed by atoms with E-state index in [0.29, 0.717) is 31.7 Å². The fourth-order valence-corrected chi connectivity index (χ4v) is 3.38. The van der Waals surface area contributed by atoms with Crippen LogP contribution in [0.3, 0.4) is 0 Å². The van der Waals surface area contributed by atoms with Crippen LogP contribution in [0, 0.1) is 11.6 Å². The fraction of sp³-hybridized carbons (Fsp3) is 0.312. The van der Waals surface area contributed by atoms with E-state index < -0.39 is 17.7 Å². The molecule has 1 saturated heterocycles. The first-order chi connectivity index (χ1) is 12.1. The lowest BCUT2D eigenvalue weighted by Gasteiger charge is -2.32. The van der Waals surface area contributed by atoms with Gasteiger partial charge in [0.15, 0.2) is 0 Å². The number of aromatic nitrogens is 4. The highest BCUT2D eigenvalue weighted by atomic mass is 35.5. The number of nitrogens with zero attached hydrogens (tertiary/aromatic N) is 5. The second-order valence-electron chi connectivity index (χ2n) is 5.89. The Hall–Kier alpha value is -2.32. The predicted molar refractivity (Wildman–Crippen MR) is 88.6 cm³/mol. The van der Waals surface area contributed by atoms with E-state index in [2.05, 4.69) is 15.1 Å². The van der Waals surface area contributed by atoms with Crippen LogP contribution in [0.15, 0.2) is 24.5 Å². The van der Waals surface area contributed by atoms with Gasteiger partial charge in [-0.2, -0.15) is 19.6 Å². The Kier molecular flexibility index (Phi) is 4.01. The summed E-state index contributed by atoms with van der Waals surface area (Å²) >= 11 is 6.29. The molecule has 0 atom stereocenters. The maximum absolute atomic E-state index is 14.4. The highest BCUT2D eigenvalue weighted by Crippen LogP contribution is 2.39. The molecule has 9 heteroatoms. The van der Waals surface area contributed by atoms with Crippen LogP contribution in [0.25, 0.3) is 16.9 Å². The summed E-state index contributed by atoms with van der Waals surface area (Å²) < 4.78 is 30.3. The molecule has 4 rings (SSSR count). The molecule has 0 spiro atoms. The first kappa shape index (κ1) is 16.2. The molecule has 1 N–H and O–H groups in total. The van der Waals surface area contributed by atoms with Gasteiger partial charge in [-0.25, -0.2) is 8.78 Å². The third-order valence-electron chi connectivity index (χ3n) is 4.34. The normalized spacial score (nSPS) is 15.9. The van der Waals surface area contributed by atoms with Crippen molar-refractivity contribution in [3.8, 4) is 11.1 Å². The summed E-state index contributed by atoms with van der Waals surface area (Å²) in [6.45, 7) is 0.999. The topological polar surface area (TPSA) is 66.5 Å². The Balaban J connectivity index is 2.00. The highest BCUT2D eigenvalue weighted by Gasteiger charge is 2.28. The molecule has 1 fully saturated rings. The number of piperidine rings is 1. The van der Waals surface area contributed by atoms with Crippen LogP contribution in [0.4, 0.5) is 14.6 Å². The van der Waals surface area contributed by atoms with E-state index in [9.17, 15) is 13.9 Å². The van der Waals surface area contributed by atoms with E-state index in [4.69, 9.17) is 11.6 Å². The average molecular weight is 366 g/mol. The molecular formula is C16H14ClF2N5O. The molecule has 0 unspecified atom stereocenters. The van der Waals surface area contributed by atoms with E-state index >= 15 is 0 Å². The molecule has 0 saturated carbocycles.